The summed E-state index contributed by atoms with van der Waals surface area (Å²) in [6, 6.07) is 17.5. The minimum atomic E-state index is -3.79. The number of pyridine rings is 1. The maximum atomic E-state index is 15.4. The molecule has 9 rings (SSSR count). The van der Waals surface area contributed by atoms with E-state index in [4.69, 9.17) is 19.1 Å². The van der Waals surface area contributed by atoms with Gasteiger partial charge in [0.1, 0.15) is 28.8 Å². The highest BCUT2D eigenvalue weighted by atomic mass is 32.2. The molecule has 1 spiro atoms. The highest BCUT2D eigenvalue weighted by molar-refractivity contribution is 7.92. The van der Waals surface area contributed by atoms with E-state index in [1.807, 2.05) is 22.6 Å². The number of benzene rings is 3. The second-order valence-corrected chi connectivity index (χ2v) is 16.4. The third-order valence-corrected chi connectivity index (χ3v) is 12.2. The van der Waals surface area contributed by atoms with Gasteiger partial charge < -0.3 is 14.5 Å². The monoisotopic (exact) mass is 750 g/mol. The first kappa shape index (κ1) is 34.3. The minimum Gasteiger partial charge on any atom is -0.455 e. The normalized spacial score (nSPS) is 16.1. The number of furan rings is 1. The van der Waals surface area contributed by atoms with Crippen molar-refractivity contribution >= 4 is 59.9 Å². The summed E-state index contributed by atoms with van der Waals surface area (Å²) in [5.41, 5.74) is 4.25. The number of amides is 1. The summed E-state index contributed by atoms with van der Waals surface area (Å²) < 4.78 is 70.2. The fraction of sp³-hybridized carbons (Fsp3) is 0.275. The summed E-state index contributed by atoms with van der Waals surface area (Å²) in [7, 11) is -0.862. The zero-order valence-corrected chi connectivity index (χ0v) is 30.6. The Hall–Kier alpha value is -5.44. The van der Waals surface area contributed by atoms with E-state index in [0.717, 1.165) is 61.0 Å². The second kappa shape index (κ2) is 12.6. The van der Waals surface area contributed by atoms with E-state index < -0.39 is 21.7 Å². The fourth-order valence-corrected chi connectivity index (χ4v) is 8.63. The lowest BCUT2D eigenvalue weighted by atomic mass is 9.73. The number of carbonyl (C=O) groups excluding carboxylic acids is 1. The van der Waals surface area contributed by atoms with Crippen molar-refractivity contribution in [2.45, 2.75) is 19.4 Å². The topological polar surface area (TPSA) is 122 Å². The number of fused-ring (bicyclic) bond motifs is 6. The SMILES string of the molecule is CNC(=O)c1c(-c2ccc(F)cc2)oc2cc(N(C)S(C)(=O)=O)c(-c3cc4c(cn3)nc(CN3CC5(CCOCC5)C3)n3c5cccc(F)c5cc43)cc12. The van der Waals surface area contributed by atoms with Gasteiger partial charge >= 0.3 is 0 Å². The number of hydrogen-bond acceptors (Lipinski definition) is 8. The number of ether oxygens (including phenoxy) is 1. The van der Waals surface area contributed by atoms with Crippen molar-refractivity contribution in [1.29, 1.82) is 0 Å². The van der Waals surface area contributed by atoms with Crippen molar-refractivity contribution < 1.29 is 31.1 Å². The van der Waals surface area contributed by atoms with Crippen molar-refractivity contribution in [2.75, 3.05) is 51.0 Å². The zero-order chi connectivity index (χ0) is 37.5. The molecule has 2 aliphatic heterocycles. The average molecular weight is 751 g/mol. The lowest BCUT2D eigenvalue weighted by Gasteiger charge is -2.52. The summed E-state index contributed by atoms with van der Waals surface area (Å²) in [5, 5.41) is 4.20. The molecule has 0 aliphatic carbocycles. The Morgan fingerprint density at radius 3 is 2.46 bits per heavy atom. The van der Waals surface area contributed by atoms with Crippen LogP contribution < -0.4 is 9.62 Å². The van der Waals surface area contributed by atoms with E-state index in [2.05, 4.69) is 10.2 Å². The number of nitrogens with one attached hydrogen (secondary N) is 1. The van der Waals surface area contributed by atoms with E-state index in [1.165, 1.54) is 44.4 Å². The van der Waals surface area contributed by atoms with Gasteiger partial charge in [0.2, 0.25) is 10.0 Å². The van der Waals surface area contributed by atoms with Gasteiger partial charge in [-0.05, 0) is 67.4 Å². The molecular formula is C40H36F2N6O5S. The maximum absolute atomic E-state index is 15.4. The van der Waals surface area contributed by atoms with Crippen LogP contribution in [0.2, 0.25) is 0 Å². The van der Waals surface area contributed by atoms with Crippen LogP contribution in [-0.4, -0.2) is 80.2 Å². The molecule has 7 aromatic rings. The molecule has 54 heavy (non-hydrogen) atoms. The summed E-state index contributed by atoms with van der Waals surface area (Å²) in [5.74, 6) is -0.284. The fourth-order valence-electron chi connectivity index (χ4n) is 8.12. The van der Waals surface area contributed by atoms with Crippen molar-refractivity contribution in [1.82, 2.24) is 24.6 Å². The molecule has 1 amide bonds. The Bertz CT molecular complexity index is 2770. The van der Waals surface area contributed by atoms with Crippen LogP contribution in [0.4, 0.5) is 14.5 Å². The van der Waals surface area contributed by atoms with Crippen molar-refractivity contribution in [3.8, 4) is 22.6 Å². The largest absolute Gasteiger partial charge is 0.455 e. The molecule has 0 radical (unpaired) electrons. The second-order valence-electron chi connectivity index (χ2n) is 14.4. The lowest BCUT2D eigenvalue weighted by molar-refractivity contribution is -0.0847. The van der Waals surface area contributed by atoms with Crippen LogP contribution in [0.3, 0.4) is 0 Å². The number of likely N-dealkylation sites (tertiary alicyclic amines) is 1. The quantitative estimate of drug-likeness (QED) is 0.190. The molecule has 0 unspecified atom stereocenters. The Morgan fingerprint density at radius 1 is 0.981 bits per heavy atom. The predicted molar refractivity (Wildman–Crippen MR) is 203 cm³/mol. The van der Waals surface area contributed by atoms with Crippen LogP contribution in [0.25, 0.3) is 60.9 Å². The molecule has 6 heterocycles. The van der Waals surface area contributed by atoms with E-state index in [1.54, 1.807) is 24.4 Å². The highest BCUT2D eigenvalue weighted by Crippen LogP contribution is 2.43. The van der Waals surface area contributed by atoms with Gasteiger partial charge in [0, 0.05) is 79.2 Å². The van der Waals surface area contributed by atoms with Crippen LogP contribution in [0.5, 0.6) is 0 Å². The van der Waals surface area contributed by atoms with E-state index >= 15 is 4.39 Å². The molecule has 2 saturated heterocycles. The third-order valence-electron chi connectivity index (χ3n) is 11.0. The maximum Gasteiger partial charge on any atom is 0.255 e. The van der Waals surface area contributed by atoms with Gasteiger partial charge in [-0.3, -0.25) is 23.4 Å². The summed E-state index contributed by atoms with van der Waals surface area (Å²) >= 11 is 0. The molecule has 0 bridgehead atoms. The number of rotatable bonds is 7. The van der Waals surface area contributed by atoms with E-state index in [-0.39, 0.29) is 33.8 Å². The Labute approximate surface area is 309 Å². The molecule has 4 aromatic heterocycles. The Kier molecular flexibility index (Phi) is 7.99. The summed E-state index contributed by atoms with van der Waals surface area (Å²) in [4.78, 5) is 25.7. The minimum absolute atomic E-state index is 0.199. The van der Waals surface area contributed by atoms with Crippen LogP contribution >= 0.6 is 0 Å². The predicted octanol–water partition coefficient (Wildman–Crippen LogP) is 6.76. The number of nitrogens with zero attached hydrogens (tertiary/aromatic N) is 5. The van der Waals surface area contributed by atoms with Crippen LogP contribution in [0.1, 0.15) is 29.0 Å². The number of sulfonamides is 1. The van der Waals surface area contributed by atoms with E-state index in [9.17, 15) is 17.6 Å². The number of hydrogen-bond donors (Lipinski definition) is 1. The standard InChI is InChI=1S/C40H36F2N6O5S/c1-43-39(49)37-28-15-26(33(46(2)54(3,50)51)18-35(28)53-38(37)23-7-9-24(41)10-8-23)30-16-27-31(19-44-30)45-36(20-47-21-40(22-47)11-13-52-14-12-40)48-32-6-4-5-29(42)25(32)17-34(27)48/h4-10,15-19H,11-14,20-22H2,1-3H3,(H,43,49). The van der Waals surface area contributed by atoms with Gasteiger partial charge in [0.05, 0.1) is 52.5 Å². The Balaban J connectivity index is 1.24. The van der Waals surface area contributed by atoms with Gasteiger partial charge in [0.15, 0.2) is 0 Å². The van der Waals surface area contributed by atoms with Crippen LogP contribution in [-0.2, 0) is 21.3 Å². The molecule has 3 aromatic carbocycles. The molecule has 276 valence electrons. The van der Waals surface area contributed by atoms with Gasteiger partial charge in [0.25, 0.3) is 5.91 Å². The molecule has 2 aliphatic rings. The van der Waals surface area contributed by atoms with Crippen molar-refractivity contribution in [3.63, 3.8) is 0 Å². The van der Waals surface area contributed by atoms with Gasteiger partial charge in [-0.25, -0.2) is 22.2 Å². The van der Waals surface area contributed by atoms with Crippen molar-refractivity contribution in [3.05, 3.63) is 95.9 Å². The van der Waals surface area contributed by atoms with Gasteiger partial charge in [-0.1, -0.05) is 6.07 Å². The first-order valence-electron chi connectivity index (χ1n) is 17.6. The summed E-state index contributed by atoms with van der Waals surface area (Å²) in [6.07, 6.45) is 4.81. The molecule has 14 heteroatoms. The van der Waals surface area contributed by atoms with Crippen LogP contribution in [0, 0.1) is 17.0 Å². The van der Waals surface area contributed by atoms with Crippen LogP contribution in [0.15, 0.2) is 77.3 Å². The molecule has 0 saturated carbocycles. The number of anilines is 1. The molecular weight excluding hydrogens is 715 g/mol. The molecule has 11 nitrogen and oxygen atoms in total. The van der Waals surface area contributed by atoms with Gasteiger partial charge in [-0.2, -0.15) is 0 Å². The number of carbonyl (C=O) groups is 1. The molecule has 2 fully saturated rings. The average Bonchev–Trinajstić information content (AvgIpc) is 3.73. The number of aromatic nitrogens is 3. The first-order valence-corrected chi connectivity index (χ1v) is 19.5. The zero-order valence-electron chi connectivity index (χ0n) is 29.8. The molecule has 1 N–H and O–H groups in total. The first-order chi connectivity index (χ1) is 25.9. The van der Waals surface area contributed by atoms with E-state index in [0.29, 0.717) is 50.6 Å². The highest BCUT2D eigenvalue weighted by Gasteiger charge is 2.44. The lowest BCUT2D eigenvalue weighted by Crippen LogP contribution is -2.57. The van der Waals surface area contributed by atoms with Crippen molar-refractivity contribution in [2.24, 2.45) is 5.41 Å². The molecule has 0 atom stereocenters. The Morgan fingerprint density at radius 2 is 1.74 bits per heavy atom. The third kappa shape index (κ3) is 5.58. The number of halogens is 2. The van der Waals surface area contributed by atoms with Gasteiger partial charge in [-0.15, -0.1) is 0 Å². The smallest absolute Gasteiger partial charge is 0.255 e. The summed E-state index contributed by atoms with van der Waals surface area (Å²) in [6.45, 7) is 4.00.